The van der Waals surface area contributed by atoms with Crippen LogP contribution in [0.3, 0.4) is 0 Å². The van der Waals surface area contributed by atoms with Crippen LogP contribution in [0.25, 0.3) is 11.1 Å². The average Bonchev–Trinajstić information content (AvgIpc) is 3.14. The van der Waals surface area contributed by atoms with Crippen LogP contribution in [0.4, 0.5) is 0 Å². The van der Waals surface area contributed by atoms with E-state index in [1.165, 1.54) is 0 Å². The summed E-state index contributed by atoms with van der Waals surface area (Å²) in [4.78, 5) is 43.4. The van der Waals surface area contributed by atoms with Crippen LogP contribution in [0.15, 0.2) is 54.6 Å². The van der Waals surface area contributed by atoms with Crippen LogP contribution in [-0.2, 0) is 20.8 Å². The third-order valence-corrected chi connectivity index (χ3v) is 6.49. The maximum Gasteiger partial charge on any atom is 0.242 e. The molecule has 3 amide bonds. The number of likely N-dealkylation sites (N-methyl/N-ethyl adjacent to an activating group) is 1. The Bertz CT molecular complexity index is 975. The van der Waals surface area contributed by atoms with Crippen molar-refractivity contribution in [1.82, 2.24) is 14.7 Å². The molecule has 1 atom stereocenters. The van der Waals surface area contributed by atoms with Crippen molar-refractivity contribution in [1.29, 1.82) is 0 Å². The highest BCUT2D eigenvalue weighted by Crippen LogP contribution is 2.23. The molecule has 0 aromatic heterocycles. The van der Waals surface area contributed by atoms with Crippen molar-refractivity contribution in [2.45, 2.75) is 26.2 Å². The number of amides is 3. The molecule has 2 fully saturated rings. The van der Waals surface area contributed by atoms with Crippen LogP contribution < -0.4 is 0 Å². The smallest absolute Gasteiger partial charge is 0.242 e. The lowest BCUT2D eigenvalue weighted by atomic mass is 9.94. The van der Waals surface area contributed by atoms with Gasteiger partial charge in [-0.15, -0.1) is 0 Å². The van der Waals surface area contributed by atoms with Gasteiger partial charge in [-0.3, -0.25) is 14.4 Å². The number of likely N-dealkylation sites (tertiary alicyclic amines) is 1. The average molecular weight is 434 g/mol. The highest BCUT2D eigenvalue weighted by molar-refractivity contribution is 5.87. The normalized spacial score (nSPS) is 19.4. The molecule has 1 unspecified atom stereocenters. The van der Waals surface area contributed by atoms with Crippen LogP contribution in [0.2, 0.25) is 0 Å². The zero-order chi connectivity index (χ0) is 22.5. The van der Waals surface area contributed by atoms with E-state index in [9.17, 15) is 14.4 Å². The van der Waals surface area contributed by atoms with Crippen LogP contribution in [0.1, 0.15) is 25.3 Å². The zero-order valence-electron chi connectivity index (χ0n) is 18.7. The van der Waals surface area contributed by atoms with Crippen molar-refractivity contribution < 1.29 is 14.4 Å². The first-order chi connectivity index (χ1) is 15.5. The Kier molecular flexibility index (Phi) is 6.88. The number of hydrogen-bond acceptors (Lipinski definition) is 3. The molecule has 0 spiro atoms. The van der Waals surface area contributed by atoms with E-state index in [4.69, 9.17) is 0 Å². The van der Waals surface area contributed by atoms with Crippen molar-refractivity contribution in [3.05, 3.63) is 60.2 Å². The summed E-state index contributed by atoms with van der Waals surface area (Å²) >= 11 is 0. The first-order valence-electron chi connectivity index (χ1n) is 11.5. The molecule has 2 aromatic rings. The second-order valence-electron chi connectivity index (χ2n) is 8.64. The SMILES string of the molecule is CCN1CCN(C(=O)CN2CCCC2=O)CC(Cc2cccc(-c3ccccc3)c2)C1=O. The minimum Gasteiger partial charge on any atom is -0.341 e. The van der Waals surface area contributed by atoms with Gasteiger partial charge in [0.25, 0.3) is 0 Å². The van der Waals surface area contributed by atoms with E-state index in [1.807, 2.05) is 36.1 Å². The molecule has 168 valence electrons. The van der Waals surface area contributed by atoms with Gasteiger partial charge in [-0.1, -0.05) is 54.6 Å². The summed E-state index contributed by atoms with van der Waals surface area (Å²) in [5, 5.41) is 0. The van der Waals surface area contributed by atoms with Crippen LogP contribution >= 0.6 is 0 Å². The summed E-state index contributed by atoms with van der Waals surface area (Å²) in [5.41, 5.74) is 3.35. The fourth-order valence-corrected chi connectivity index (χ4v) is 4.67. The maximum absolute atomic E-state index is 13.2. The van der Waals surface area contributed by atoms with Crippen LogP contribution in [0, 0.1) is 5.92 Å². The van der Waals surface area contributed by atoms with E-state index in [0.29, 0.717) is 45.6 Å². The molecule has 2 saturated heterocycles. The topological polar surface area (TPSA) is 60.9 Å². The molecule has 0 bridgehead atoms. The Balaban J connectivity index is 1.51. The second kappa shape index (κ2) is 9.98. The quantitative estimate of drug-likeness (QED) is 0.704. The first kappa shape index (κ1) is 22.1. The monoisotopic (exact) mass is 433 g/mol. The van der Waals surface area contributed by atoms with Crippen molar-refractivity contribution in [3.63, 3.8) is 0 Å². The highest BCUT2D eigenvalue weighted by Gasteiger charge is 2.33. The van der Waals surface area contributed by atoms with Gasteiger partial charge in [-0.2, -0.15) is 0 Å². The molecule has 0 radical (unpaired) electrons. The number of benzene rings is 2. The van der Waals surface area contributed by atoms with Crippen molar-refractivity contribution in [2.24, 2.45) is 5.92 Å². The van der Waals surface area contributed by atoms with Crippen molar-refractivity contribution in [2.75, 3.05) is 39.3 Å². The number of carbonyl (C=O) groups is 3. The standard InChI is InChI=1S/C26H31N3O3/c1-2-27-14-15-29(25(31)19-28-13-7-12-24(28)30)18-23(26(27)32)17-20-8-6-11-22(16-20)21-9-4-3-5-10-21/h3-6,8-11,16,23H,2,7,12-15,17-19H2,1H3. The van der Waals surface area contributed by atoms with Gasteiger partial charge in [0.15, 0.2) is 0 Å². The Hall–Kier alpha value is -3.15. The van der Waals surface area contributed by atoms with Gasteiger partial charge in [-0.05, 0) is 36.5 Å². The van der Waals surface area contributed by atoms with Gasteiger partial charge in [-0.25, -0.2) is 0 Å². The molecular formula is C26H31N3O3. The van der Waals surface area contributed by atoms with Crippen molar-refractivity contribution >= 4 is 17.7 Å². The van der Waals surface area contributed by atoms with E-state index in [-0.39, 0.29) is 30.2 Å². The van der Waals surface area contributed by atoms with Gasteiger partial charge in [0, 0.05) is 39.1 Å². The van der Waals surface area contributed by atoms with E-state index in [0.717, 1.165) is 23.1 Å². The maximum atomic E-state index is 13.2. The summed E-state index contributed by atoms with van der Waals surface area (Å²) in [6.07, 6.45) is 1.92. The molecule has 6 heteroatoms. The Labute approximate surface area is 189 Å². The summed E-state index contributed by atoms with van der Waals surface area (Å²) in [6, 6.07) is 18.5. The van der Waals surface area contributed by atoms with E-state index in [1.54, 1.807) is 9.80 Å². The summed E-state index contributed by atoms with van der Waals surface area (Å²) in [5.74, 6) is -0.199. The molecule has 0 aliphatic carbocycles. The molecule has 2 aliphatic heterocycles. The van der Waals surface area contributed by atoms with Crippen LogP contribution in [-0.4, -0.2) is 71.7 Å². The third kappa shape index (κ3) is 5.01. The predicted octanol–water partition coefficient (Wildman–Crippen LogP) is 2.83. The molecule has 0 N–H and O–H groups in total. The fourth-order valence-electron chi connectivity index (χ4n) is 4.67. The zero-order valence-corrected chi connectivity index (χ0v) is 18.7. The molecular weight excluding hydrogens is 402 g/mol. The van der Waals surface area contributed by atoms with E-state index < -0.39 is 0 Å². The molecule has 0 saturated carbocycles. The minimum atomic E-state index is -0.290. The van der Waals surface area contributed by atoms with Gasteiger partial charge in [0.05, 0.1) is 12.5 Å². The number of rotatable bonds is 6. The number of hydrogen-bond donors (Lipinski definition) is 0. The summed E-state index contributed by atoms with van der Waals surface area (Å²) in [6.45, 7) is 4.82. The largest absolute Gasteiger partial charge is 0.341 e. The molecule has 2 aromatic carbocycles. The van der Waals surface area contributed by atoms with E-state index in [2.05, 4.69) is 30.3 Å². The lowest BCUT2D eigenvalue weighted by Gasteiger charge is -2.26. The van der Waals surface area contributed by atoms with Gasteiger partial charge in [0.1, 0.15) is 0 Å². The highest BCUT2D eigenvalue weighted by atomic mass is 16.2. The Morgan fingerprint density at radius 1 is 0.938 bits per heavy atom. The molecule has 32 heavy (non-hydrogen) atoms. The molecule has 4 rings (SSSR count). The third-order valence-electron chi connectivity index (χ3n) is 6.49. The lowest BCUT2D eigenvalue weighted by Crippen LogP contribution is -2.43. The summed E-state index contributed by atoms with van der Waals surface area (Å²) in [7, 11) is 0. The minimum absolute atomic E-state index is 0.0497. The fraction of sp³-hybridized carbons (Fsp3) is 0.423. The Morgan fingerprint density at radius 3 is 2.44 bits per heavy atom. The summed E-state index contributed by atoms with van der Waals surface area (Å²) < 4.78 is 0. The number of nitrogens with zero attached hydrogens (tertiary/aromatic N) is 3. The molecule has 2 aliphatic rings. The van der Waals surface area contributed by atoms with Crippen LogP contribution in [0.5, 0.6) is 0 Å². The van der Waals surface area contributed by atoms with Gasteiger partial charge >= 0.3 is 0 Å². The first-order valence-corrected chi connectivity index (χ1v) is 11.5. The predicted molar refractivity (Wildman–Crippen MR) is 124 cm³/mol. The molecule has 6 nitrogen and oxygen atoms in total. The van der Waals surface area contributed by atoms with E-state index >= 15 is 0 Å². The lowest BCUT2D eigenvalue weighted by molar-refractivity contribution is -0.139. The Morgan fingerprint density at radius 2 is 1.72 bits per heavy atom. The number of carbonyl (C=O) groups excluding carboxylic acids is 3. The van der Waals surface area contributed by atoms with Gasteiger partial charge in [0.2, 0.25) is 17.7 Å². The van der Waals surface area contributed by atoms with Gasteiger partial charge < -0.3 is 14.7 Å². The second-order valence-corrected chi connectivity index (χ2v) is 8.64. The van der Waals surface area contributed by atoms with Crippen molar-refractivity contribution in [3.8, 4) is 11.1 Å². The molecule has 2 heterocycles.